The molecule has 0 unspecified atom stereocenters. The molecule has 0 saturated heterocycles. The summed E-state index contributed by atoms with van der Waals surface area (Å²) in [4.78, 5) is 4.66. The molecule has 4 heteroatoms. The van der Waals surface area contributed by atoms with Crippen molar-refractivity contribution in [1.82, 2.24) is 9.55 Å². The van der Waals surface area contributed by atoms with Gasteiger partial charge >= 0.3 is 0 Å². The van der Waals surface area contributed by atoms with Crippen LogP contribution in [0.2, 0.25) is 0 Å². The van der Waals surface area contributed by atoms with Crippen LogP contribution in [-0.2, 0) is 13.0 Å². The molecule has 0 bridgehead atoms. The lowest BCUT2D eigenvalue weighted by atomic mass is 10.2. The highest BCUT2D eigenvalue weighted by atomic mass is 16.5. The summed E-state index contributed by atoms with van der Waals surface area (Å²) in [6.07, 6.45) is 3.04. The molecule has 0 fully saturated rings. The smallest absolute Gasteiger partial charge is 0.138 e. The van der Waals surface area contributed by atoms with Gasteiger partial charge in [0.2, 0.25) is 0 Å². The van der Waals surface area contributed by atoms with E-state index >= 15 is 0 Å². The zero-order valence-electron chi connectivity index (χ0n) is 15.7. The number of aromatic nitrogens is 2. The van der Waals surface area contributed by atoms with Gasteiger partial charge < -0.3 is 14.4 Å². The molecule has 0 radical (unpaired) electrons. The molecule has 2 aromatic carbocycles. The number of rotatable bonds is 9. The van der Waals surface area contributed by atoms with Gasteiger partial charge in [-0.15, -0.1) is 0 Å². The van der Waals surface area contributed by atoms with E-state index in [1.54, 1.807) is 0 Å². The SMILES string of the molecule is CCC[C@H](O)c1nc2ccccc2n1CCCOc1ccc(CC)cc1. The zero-order chi connectivity index (χ0) is 18.4. The summed E-state index contributed by atoms with van der Waals surface area (Å²) >= 11 is 0. The van der Waals surface area contributed by atoms with Crippen LogP contribution in [0.4, 0.5) is 0 Å². The first kappa shape index (κ1) is 18.5. The lowest BCUT2D eigenvalue weighted by Gasteiger charge is -2.14. The Morgan fingerprint density at radius 1 is 1.08 bits per heavy atom. The Balaban J connectivity index is 1.66. The highest BCUT2D eigenvalue weighted by Crippen LogP contribution is 2.24. The zero-order valence-corrected chi connectivity index (χ0v) is 15.7. The van der Waals surface area contributed by atoms with Gasteiger partial charge in [0.1, 0.15) is 17.7 Å². The van der Waals surface area contributed by atoms with Crippen molar-refractivity contribution in [2.24, 2.45) is 0 Å². The van der Waals surface area contributed by atoms with Crippen LogP contribution < -0.4 is 4.74 Å². The van der Waals surface area contributed by atoms with Crippen LogP contribution in [0.1, 0.15) is 50.6 Å². The molecule has 1 aromatic heterocycles. The minimum Gasteiger partial charge on any atom is -0.494 e. The molecule has 1 heterocycles. The molecule has 0 aliphatic rings. The Labute approximate surface area is 155 Å². The molecular formula is C22H28N2O2. The molecule has 1 N–H and O–H groups in total. The Kier molecular flexibility index (Phi) is 6.29. The minimum atomic E-state index is -0.519. The van der Waals surface area contributed by atoms with Crippen LogP contribution in [0.15, 0.2) is 48.5 Å². The molecular weight excluding hydrogens is 324 g/mol. The lowest BCUT2D eigenvalue weighted by molar-refractivity contribution is 0.152. The lowest BCUT2D eigenvalue weighted by Crippen LogP contribution is -2.11. The second-order valence-electron chi connectivity index (χ2n) is 6.61. The van der Waals surface area contributed by atoms with E-state index in [-0.39, 0.29) is 0 Å². The number of ether oxygens (including phenoxy) is 1. The molecule has 3 rings (SSSR count). The molecule has 3 aromatic rings. The second-order valence-corrected chi connectivity index (χ2v) is 6.61. The van der Waals surface area contributed by atoms with Gasteiger partial charge in [0.05, 0.1) is 17.6 Å². The Morgan fingerprint density at radius 2 is 1.85 bits per heavy atom. The maximum Gasteiger partial charge on any atom is 0.138 e. The molecule has 1 atom stereocenters. The van der Waals surface area contributed by atoms with Crippen molar-refractivity contribution in [3.63, 3.8) is 0 Å². The van der Waals surface area contributed by atoms with Crippen molar-refractivity contribution in [2.45, 2.75) is 52.2 Å². The van der Waals surface area contributed by atoms with Gasteiger partial charge in [-0.1, -0.05) is 44.5 Å². The van der Waals surface area contributed by atoms with Gasteiger partial charge in [0, 0.05) is 6.54 Å². The summed E-state index contributed by atoms with van der Waals surface area (Å²) in [5.74, 6) is 1.67. The van der Waals surface area contributed by atoms with Gasteiger partial charge in [-0.2, -0.15) is 0 Å². The standard InChI is InChI=1S/C22H28N2O2/c1-3-8-21(25)22-23-19-9-5-6-10-20(19)24(22)15-7-16-26-18-13-11-17(4-2)12-14-18/h5-6,9-14,21,25H,3-4,7-8,15-16H2,1-2H3/t21-/m0/s1. The van der Waals surface area contributed by atoms with Crippen molar-refractivity contribution in [1.29, 1.82) is 0 Å². The van der Waals surface area contributed by atoms with Gasteiger partial charge in [0.15, 0.2) is 0 Å². The monoisotopic (exact) mass is 352 g/mol. The van der Waals surface area contributed by atoms with E-state index in [4.69, 9.17) is 4.74 Å². The van der Waals surface area contributed by atoms with Gasteiger partial charge in [-0.05, 0) is 49.1 Å². The van der Waals surface area contributed by atoms with Crippen LogP contribution in [0.5, 0.6) is 5.75 Å². The summed E-state index contributed by atoms with van der Waals surface area (Å²) in [5.41, 5.74) is 3.33. The Hall–Kier alpha value is -2.33. The topological polar surface area (TPSA) is 47.3 Å². The maximum atomic E-state index is 10.5. The molecule has 0 spiro atoms. The number of hydrogen-bond donors (Lipinski definition) is 1. The minimum absolute atomic E-state index is 0.519. The summed E-state index contributed by atoms with van der Waals surface area (Å²) in [5, 5.41) is 10.5. The summed E-state index contributed by atoms with van der Waals surface area (Å²) in [6, 6.07) is 16.3. The first-order valence-corrected chi connectivity index (χ1v) is 9.58. The molecule has 0 saturated carbocycles. The molecule has 0 aliphatic heterocycles. The normalized spacial score (nSPS) is 12.4. The molecule has 0 aliphatic carbocycles. The highest BCUT2D eigenvalue weighted by Gasteiger charge is 2.17. The third-order valence-corrected chi connectivity index (χ3v) is 4.67. The number of benzene rings is 2. The van der Waals surface area contributed by atoms with Crippen LogP contribution in [0, 0.1) is 0 Å². The maximum absolute atomic E-state index is 10.5. The average Bonchev–Trinajstić information content (AvgIpc) is 3.05. The predicted molar refractivity (Wildman–Crippen MR) is 106 cm³/mol. The van der Waals surface area contributed by atoms with E-state index in [2.05, 4.69) is 41.6 Å². The van der Waals surface area contributed by atoms with Crippen molar-refractivity contribution < 1.29 is 9.84 Å². The fourth-order valence-electron chi connectivity index (χ4n) is 3.22. The number of aryl methyl sites for hydroxylation is 2. The fraction of sp³-hybridized carbons (Fsp3) is 0.409. The van der Waals surface area contributed by atoms with Crippen molar-refractivity contribution >= 4 is 11.0 Å². The highest BCUT2D eigenvalue weighted by molar-refractivity contribution is 5.76. The third kappa shape index (κ3) is 4.25. The fourth-order valence-corrected chi connectivity index (χ4v) is 3.22. The number of fused-ring (bicyclic) bond motifs is 1. The number of para-hydroxylation sites is 2. The number of hydrogen-bond acceptors (Lipinski definition) is 3. The number of nitrogens with zero attached hydrogens (tertiary/aromatic N) is 2. The summed E-state index contributed by atoms with van der Waals surface area (Å²) in [6.45, 7) is 5.65. The van der Waals surface area contributed by atoms with E-state index in [9.17, 15) is 5.11 Å². The largest absolute Gasteiger partial charge is 0.494 e. The number of imidazole rings is 1. The van der Waals surface area contributed by atoms with Gasteiger partial charge in [-0.3, -0.25) is 0 Å². The summed E-state index contributed by atoms with van der Waals surface area (Å²) in [7, 11) is 0. The average molecular weight is 352 g/mol. The van der Waals surface area contributed by atoms with E-state index in [1.807, 2.05) is 30.3 Å². The van der Waals surface area contributed by atoms with E-state index in [1.165, 1.54) is 5.56 Å². The first-order chi connectivity index (χ1) is 12.7. The van der Waals surface area contributed by atoms with Gasteiger partial charge in [0.25, 0.3) is 0 Å². The van der Waals surface area contributed by atoms with Crippen molar-refractivity contribution in [3.05, 3.63) is 59.9 Å². The third-order valence-electron chi connectivity index (χ3n) is 4.67. The predicted octanol–water partition coefficient (Wildman–Crippen LogP) is 4.90. The summed E-state index contributed by atoms with van der Waals surface area (Å²) < 4.78 is 8.01. The Morgan fingerprint density at radius 3 is 2.58 bits per heavy atom. The van der Waals surface area contributed by atoms with Crippen molar-refractivity contribution in [3.8, 4) is 5.75 Å². The van der Waals surface area contributed by atoms with Crippen LogP contribution in [0.3, 0.4) is 0 Å². The molecule has 26 heavy (non-hydrogen) atoms. The molecule has 138 valence electrons. The second kappa shape index (κ2) is 8.86. The van der Waals surface area contributed by atoms with E-state index < -0.39 is 6.10 Å². The number of aliphatic hydroxyl groups excluding tert-OH is 1. The first-order valence-electron chi connectivity index (χ1n) is 9.58. The molecule has 0 amide bonds. The quantitative estimate of drug-likeness (QED) is 0.557. The van der Waals surface area contributed by atoms with Gasteiger partial charge in [-0.25, -0.2) is 4.98 Å². The van der Waals surface area contributed by atoms with Crippen LogP contribution >= 0.6 is 0 Å². The Bertz CT molecular complexity index is 824. The van der Waals surface area contributed by atoms with E-state index in [0.717, 1.165) is 54.8 Å². The molecule has 4 nitrogen and oxygen atoms in total. The van der Waals surface area contributed by atoms with E-state index in [0.29, 0.717) is 6.61 Å². The number of aliphatic hydroxyl groups is 1. The van der Waals surface area contributed by atoms with Crippen LogP contribution in [0.25, 0.3) is 11.0 Å². The van der Waals surface area contributed by atoms with Crippen molar-refractivity contribution in [2.75, 3.05) is 6.61 Å². The van der Waals surface area contributed by atoms with Crippen LogP contribution in [-0.4, -0.2) is 21.3 Å².